The van der Waals surface area contributed by atoms with E-state index in [0.717, 1.165) is 28.5 Å². The molecule has 130 valence electrons. The van der Waals surface area contributed by atoms with Crippen LogP contribution in [-0.2, 0) is 10.0 Å². The van der Waals surface area contributed by atoms with Crippen LogP contribution in [0.5, 0.6) is 0 Å². The van der Waals surface area contributed by atoms with Crippen molar-refractivity contribution in [2.75, 3.05) is 24.2 Å². The van der Waals surface area contributed by atoms with Crippen LogP contribution in [0.1, 0.15) is 19.8 Å². The van der Waals surface area contributed by atoms with Gasteiger partial charge in [-0.05, 0) is 25.8 Å². The van der Waals surface area contributed by atoms with Gasteiger partial charge in [0.25, 0.3) is 0 Å². The summed E-state index contributed by atoms with van der Waals surface area (Å²) in [5.74, 6) is 0.155. The lowest BCUT2D eigenvalue weighted by Gasteiger charge is -2.31. The van der Waals surface area contributed by atoms with Crippen molar-refractivity contribution in [2.45, 2.75) is 25.8 Å². The Labute approximate surface area is 150 Å². The third-order valence-corrected chi connectivity index (χ3v) is 7.17. The highest BCUT2D eigenvalue weighted by atomic mass is 35.5. The van der Waals surface area contributed by atoms with Gasteiger partial charge in [0.15, 0.2) is 5.01 Å². The van der Waals surface area contributed by atoms with Gasteiger partial charge in [0, 0.05) is 24.7 Å². The number of piperidine rings is 1. The van der Waals surface area contributed by atoms with Crippen molar-refractivity contribution in [1.29, 1.82) is 0 Å². The summed E-state index contributed by atoms with van der Waals surface area (Å²) in [6.45, 7) is 2.77. The number of anilines is 1. The first-order valence-electron chi connectivity index (χ1n) is 7.82. The van der Waals surface area contributed by atoms with Crippen LogP contribution in [-0.4, -0.2) is 47.8 Å². The first-order chi connectivity index (χ1) is 11.5. The van der Waals surface area contributed by atoms with Crippen LogP contribution in [0.3, 0.4) is 0 Å². The van der Waals surface area contributed by atoms with Gasteiger partial charge in [0.1, 0.15) is 0 Å². The van der Waals surface area contributed by atoms with Crippen molar-refractivity contribution in [3.8, 4) is 10.6 Å². The Morgan fingerprint density at radius 1 is 1.29 bits per heavy atom. The largest absolute Gasteiger partial charge is 0.357 e. The van der Waals surface area contributed by atoms with Crippen LogP contribution >= 0.6 is 22.9 Å². The molecule has 1 aliphatic rings. The molecule has 0 saturated carbocycles. The topological polar surface area (TPSA) is 75.2 Å². The maximum Gasteiger partial charge on any atom is 0.213 e. The Kier molecular flexibility index (Phi) is 5.39. The van der Waals surface area contributed by atoms with Crippen LogP contribution in [0.2, 0.25) is 5.02 Å². The van der Waals surface area contributed by atoms with Crippen molar-refractivity contribution in [3.63, 3.8) is 0 Å². The monoisotopic (exact) mass is 386 g/mol. The molecule has 1 aromatic heterocycles. The van der Waals surface area contributed by atoms with Crippen LogP contribution in [0, 0.1) is 0 Å². The summed E-state index contributed by atoms with van der Waals surface area (Å²) in [7, 11) is -3.09. The zero-order chi connectivity index (χ0) is 17.2. The Hall–Kier alpha value is -1.22. The van der Waals surface area contributed by atoms with Gasteiger partial charge >= 0.3 is 0 Å². The Morgan fingerprint density at radius 2 is 2.00 bits per heavy atom. The molecule has 0 atom stereocenters. The highest BCUT2D eigenvalue weighted by molar-refractivity contribution is 7.89. The minimum absolute atomic E-state index is 0.155. The lowest BCUT2D eigenvalue weighted by atomic mass is 10.1. The van der Waals surface area contributed by atoms with Crippen LogP contribution in [0.25, 0.3) is 10.6 Å². The van der Waals surface area contributed by atoms with E-state index in [-0.39, 0.29) is 11.8 Å². The van der Waals surface area contributed by atoms with Gasteiger partial charge in [0.05, 0.1) is 10.8 Å². The Morgan fingerprint density at radius 3 is 2.67 bits per heavy atom. The van der Waals surface area contributed by atoms with E-state index in [1.165, 1.54) is 11.3 Å². The number of nitrogens with zero attached hydrogens (tertiary/aromatic N) is 3. The maximum atomic E-state index is 11.9. The first kappa shape index (κ1) is 17.6. The molecule has 3 rings (SSSR count). The SMILES string of the molecule is CCS(=O)(=O)N1CCC(Nc2nnc(-c3ccccc3Cl)s2)CC1. The standard InChI is InChI=1S/C15H19ClN4O2S2/c1-2-24(21,22)20-9-7-11(8-10-20)17-15-19-18-14(23-15)12-5-3-4-6-13(12)16/h3-6,11H,2,7-10H2,1H3,(H,17,19). The normalized spacial score (nSPS) is 17.1. The highest BCUT2D eigenvalue weighted by Crippen LogP contribution is 2.32. The molecule has 1 aromatic carbocycles. The average Bonchev–Trinajstić information content (AvgIpc) is 3.04. The number of aromatic nitrogens is 2. The summed E-state index contributed by atoms with van der Waals surface area (Å²) in [5, 5.41) is 13.9. The summed E-state index contributed by atoms with van der Waals surface area (Å²) in [6, 6.07) is 7.75. The summed E-state index contributed by atoms with van der Waals surface area (Å²) in [5.41, 5.74) is 0.869. The van der Waals surface area contributed by atoms with E-state index in [9.17, 15) is 8.42 Å². The number of sulfonamides is 1. The molecule has 1 saturated heterocycles. The smallest absolute Gasteiger partial charge is 0.213 e. The zero-order valence-corrected chi connectivity index (χ0v) is 15.7. The van der Waals surface area contributed by atoms with Crippen molar-refractivity contribution in [1.82, 2.24) is 14.5 Å². The van der Waals surface area contributed by atoms with E-state index in [2.05, 4.69) is 15.5 Å². The van der Waals surface area contributed by atoms with E-state index < -0.39 is 10.0 Å². The van der Waals surface area contributed by atoms with Gasteiger partial charge in [-0.25, -0.2) is 12.7 Å². The molecule has 0 spiro atoms. The number of hydrogen-bond donors (Lipinski definition) is 1. The molecule has 1 aliphatic heterocycles. The molecule has 0 radical (unpaired) electrons. The van der Waals surface area contributed by atoms with Crippen LogP contribution in [0.15, 0.2) is 24.3 Å². The molecular formula is C15H19ClN4O2S2. The third kappa shape index (κ3) is 3.88. The molecule has 6 nitrogen and oxygen atoms in total. The maximum absolute atomic E-state index is 11.9. The predicted octanol–water partition coefficient (Wildman–Crippen LogP) is 3.08. The fourth-order valence-corrected chi connectivity index (χ4v) is 4.93. The molecule has 0 amide bonds. The molecule has 2 heterocycles. The molecule has 2 aromatic rings. The van der Waals surface area contributed by atoms with Crippen molar-refractivity contribution in [2.24, 2.45) is 0 Å². The fraction of sp³-hybridized carbons (Fsp3) is 0.467. The second-order valence-corrected chi connectivity index (χ2v) is 9.25. The Balaban J connectivity index is 1.62. The minimum atomic E-state index is -3.09. The van der Waals surface area contributed by atoms with Crippen molar-refractivity contribution < 1.29 is 8.42 Å². The second-order valence-electron chi connectivity index (χ2n) is 5.61. The van der Waals surface area contributed by atoms with E-state index in [1.54, 1.807) is 11.2 Å². The number of hydrogen-bond acceptors (Lipinski definition) is 6. The molecular weight excluding hydrogens is 368 g/mol. The quantitative estimate of drug-likeness (QED) is 0.854. The van der Waals surface area contributed by atoms with Crippen LogP contribution in [0.4, 0.5) is 5.13 Å². The molecule has 0 aliphatic carbocycles. The van der Waals surface area contributed by atoms with Gasteiger partial charge in [-0.2, -0.15) is 0 Å². The molecule has 24 heavy (non-hydrogen) atoms. The predicted molar refractivity (Wildman–Crippen MR) is 98.0 cm³/mol. The molecule has 9 heteroatoms. The lowest BCUT2D eigenvalue weighted by Crippen LogP contribution is -2.42. The van der Waals surface area contributed by atoms with Crippen molar-refractivity contribution >= 4 is 38.1 Å². The van der Waals surface area contributed by atoms with Gasteiger partial charge < -0.3 is 5.32 Å². The zero-order valence-electron chi connectivity index (χ0n) is 13.3. The van der Waals surface area contributed by atoms with Gasteiger partial charge in [-0.3, -0.25) is 0 Å². The second kappa shape index (κ2) is 7.35. The number of rotatable bonds is 5. The molecule has 1 N–H and O–H groups in total. The Bertz CT molecular complexity index is 801. The fourth-order valence-electron chi connectivity index (χ4n) is 2.66. The third-order valence-electron chi connectivity index (χ3n) is 4.07. The number of halogens is 1. The first-order valence-corrected chi connectivity index (χ1v) is 10.6. The summed E-state index contributed by atoms with van der Waals surface area (Å²) < 4.78 is 25.3. The van der Waals surface area contributed by atoms with E-state index in [4.69, 9.17) is 11.6 Å². The molecule has 0 unspecified atom stereocenters. The minimum Gasteiger partial charge on any atom is -0.357 e. The van der Waals surface area contributed by atoms with Gasteiger partial charge in [-0.1, -0.05) is 41.1 Å². The van der Waals surface area contributed by atoms with Crippen LogP contribution < -0.4 is 5.32 Å². The summed E-state index contributed by atoms with van der Waals surface area (Å²) in [4.78, 5) is 0. The van der Waals surface area contributed by atoms with Crippen molar-refractivity contribution in [3.05, 3.63) is 29.3 Å². The van der Waals surface area contributed by atoms with E-state index >= 15 is 0 Å². The molecule has 0 bridgehead atoms. The summed E-state index contributed by atoms with van der Waals surface area (Å²) in [6.07, 6.45) is 1.53. The summed E-state index contributed by atoms with van der Waals surface area (Å²) >= 11 is 7.64. The number of benzene rings is 1. The van der Waals surface area contributed by atoms with E-state index in [0.29, 0.717) is 18.1 Å². The van der Waals surface area contributed by atoms with Gasteiger partial charge in [0.2, 0.25) is 15.2 Å². The van der Waals surface area contributed by atoms with E-state index in [1.807, 2.05) is 24.3 Å². The molecule has 1 fully saturated rings. The lowest BCUT2D eigenvalue weighted by molar-refractivity contribution is 0.330. The average molecular weight is 387 g/mol. The number of nitrogens with one attached hydrogen (secondary N) is 1. The van der Waals surface area contributed by atoms with Gasteiger partial charge in [-0.15, -0.1) is 10.2 Å². The highest BCUT2D eigenvalue weighted by Gasteiger charge is 2.27.